The van der Waals surface area contributed by atoms with Crippen molar-refractivity contribution in [1.29, 1.82) is 0 Å². The smallest absolute Gasteiger partial charge is 0.337 e. The van der Waals surface area contributed by atoms with E-state index >= 15 is 0 Å². The Morgan fingerprint density at radius 2 is 2.14 bits per heavy atom. The Bertz CT molecular complexity index is 745. The Balaban J connectivity index is 2.09. The van der Waals surface area contributed by atoms with Crippen LogP contribution in [0.4, 0.5) is 22.9 Å². The summed E-state index contributed by atoms with van der Waals surface area (Å²) < 4.78 is 0. The summed E-state index contributed by atoms with van der Waals surface area (Å²) in [6.07, 6.45) is 1.23. The average Bonchev–Trinajstić information content (AvgIpc) is 2.46. The fourth-order valence-corrected chi connectivity index (χ4v) is 2.24. The van der Waals surface area contributed by atoms with Crippen LogP contribution in [0, 0.1) is 0 Å². The number of carboxylic acids is 1. The molecule has 2 heterocycles. The van der Waals surface area contributed by atoms with E-state index in [2.05, 4.69) is 10.3 Å². The van der Waals surface area contributed by atoms with Crippen molar-refractivity contribution in [3.05, 3.63) is 42.1 Å². The van der Waals surface area contributed by atoms with Crippen LogP contribution in [0.25, 0.3) is 0 Å². The van der Waals surface area contributed by atoms with Crippen molar-refractivity contribution in [2.24, 2.45) is 0 Å². The number of carbonyl (C=O) groups excluding carboxylic acids is 1. The molecule has 2 aromatic rings. The number of carboxylic acid groups (broad SMARTS) is 1. The second-order valence-corrected chi connectivity index (χ2v) is 4.59. The summed E-state index contributed by atoms with van der Waals surface area (Å²) >= 11 is 0. The first kappa shape index (κ1) is 12.9. The zero-order chi connectivity index (χ0) is 15.0. The lowest BCUT2D eigenvalue weighted by atomic mass is 10.1. The van der Waals surface area contributed by atoms with E-state index in [-0.39, 0.29) is 23.7 Å². The molecule has 1 aliphatic heterocycles. The third kappa shape index (κ3) is 2.25. The van der Waals surface area contributed by atoms with Gasteiger partial charge in [0.2, 0.25) is 5.91 Å². The maximum Gasteiger partial charge on any atom is 0.337 e. The Morgan fingerprint density at radius 3 is 2.86 bits per heavy atom. The van der Waals surface area contributed by atoms with Crippen LogP contribution in [0.15, 0.2) is 36.5 Å². The summed E-state index contributed by atoms with van der Waals surface area (Å²) in [5.41, 5.74) is 7.53. The number of nitrogens with zero attached hydrogens (tertiary/aromatic N) is 2. The molecule has 1 aromatic heterocycles. The Kier molecular flexibility index (Phi) is 2.94. The number of nitrogens with two attached hydrogens (primary N) is 1. The molecular weight excluding hydrogens is 272 g/mol. The van der Waals surface area contributed by atoms with Gasteiger partial charge in [-0.1, -0.05) is 12.1 Å². The van der Waals surface area contributed by atoms with E-state index in [1.54, 1.807) is 11.0 Å². The quantitative estimate of drug-likeness (QED) is 0.770. The fraction of sp³-hybridized carbons (Fsp3) is 0.0714. The fourth-order valence-electron chi connectivity index (χ4n) is 2.24. The Hall–Kier alpha value is -3.09. The number of pyridine rings is 1. The van der Waals surface area contributed by atoms with Crippen LogP contribution < -0.4 is 16.0 Å². The molecule has 0 bridgehead atoms. The van der Waals surface area contributed by atoms with Crippen molar-refractivity contribution >= 4 is 34.8 Å². The topological polar surface area (TPSA) is 109 Å². The van der Waals surface area contributed by atoms with Crippen molar-refractivity contribution < 1.29 is 14.7 Å². The van der Waals surface area contributed by atoms with Gasteiger partial charge in [0.1, 0.15) is 6.54 Å². The minimum atomic E-state index is -1.10. The lowest BCUT2D eigenvalue weighted by Gasteiger charge is -2.30. The molecule has 0 fully saturated rings. The molecule has 106 valence electrons. The number of fused-ring (bicyclic) bond motifs is 1. The first-order valence-electron chi connectivity index (χ1n) is 6.21. The molecule has 0 unspecified atom stereocenters. The van der Waals surface area contributed by atoms with Crippen LogP contribution in [0.2, 0.25) is 0 Å². The van der Waals surface area contributed by atoms with E-state index < -0.39 is 5.97 Å². The van der Waals surface area contributed by atoms with Gasteiger partial charge in [-0.3, -0.25) is 4.79 Å². The van der Waals surface area contributed by atoms with Gasteiger partial charge in [0, 0.05) is 6.20 Å². The Labute approximate surface area is 120 Å². The molecule has 7 nitrogen and oxygen atoms in total. The van der Waals surface area contributed by atoms with Gasteiger partial charge in [-0.15, -0.1) is 0 Å². The molecule has 4 N–H and O–H groups in total. The number of nitrogen functional groups attached to an aromatic ring is 1. The molecule has 21 heavy (non-hydrogen) atoms. The van der Waals surface area contributed by atoms with E-state index in [9.17, 15) is 9.59 Å². The molecule has 0 atom stereocenters. The molecule has 0 saturated heterocycles. The van der Waals surface area contributed by atoms with Gasteiger partial charge in [0.05, 0.1) is 22.6 Å². The van der Waals surface area contributed by atoms with Gasteiger partial charge in [0.15, 0.2) is 5.82 Å². The summed E-state index contributed by atoms with van der Waals surface area (Å²) in [5, 5.41) is 11.7. The SMILES string of the molecule is Nc1cc(C(=O)O)cnc1N1CC(=O)Nc2ccccc21. The highest BCUT2D eigenvalue weighted by Gasteiger charge is 2.25. The zero-order valence-electron chi connectivity index (χ0n) is 10.9. The van der Waals surface area contributed by atoms with Gasteiger partial charge >= 0.3 is 5.97 Å². The molecule has 0 saturated carbocycles. The zero-order valence-corrected chi connectivity index (χ0v) is 10.9. The molecule has 1 aliphatic rings. The predicted molar refractivity (Wildman–Crippen MR) is 77.7 cm³/mol. The number of nitrogens with one attached hydrogen (secondary N) is 1. The second-order valence-electron chi connectivity index (χ2n) is 4.59. The number of para-hydroxylation sites is 2. The molecule has 0 radical (unpaired) electrons. The van der Waals surface area contributed by atoms with Crippen molar-refractivity contribution in [2.75, 3.05) is 22.5 Å². The summed E-state index contributed by atoms with van der Waals surface area (Å²) in [5.74, 6) is -0.919. The molecule has 1 amide bonds. The van der Waals surface area contributed by atoms with E-state index in [1.807, 2.05) is 18.2 Å². The first-order valence-corrected chi connectivity index (χ1v) is 6.21. The van der Waals surface area contributed by atoms with E-state index in [1.165, 1.54) is 12.3 Å². The third-order valence-electron chi connectivity index (χ3n) is 3.17. The van der Waals surface area contributed by atoms with Crippen molar-refractivity contribution in [3.8, 4) is 0 Å². The summed E-state index contributed by atoms with van der Waals surface area (Å²) in [7, 11) is 0. The largest absolute Gasteiger partial charge is 0.478 e. The van der Waals surface area contributed by atoms with Crippen LogP contribution in [-0.4, -0.2) is 28.5 Å². The third-order valence-corrected chi connectivity index (χ3v) is 3.17. The normalized spacial score (nSPS) is 13.5. The maximum absolute atomic E-state index is 11.8. The predicted octanol–water partition coefficient (Wildman–Crippen LogP) is 1.45. The van der Waals surface area contributed by atoms with Gasteiger partial charge in [-0.25, -0.2) is 9.78 Å². The summed E-state index contributed by atoms with van der Waals surface area (Å²) in [4.78, 5) is 28.5. The van der Waals surface area contributed by atoms with Crippen molar-refractivity contribution in [3.63, 3.8) is 0 Å². The summed E-state index contributed by atoms with van der Waals surface area (Å²) in [6, 6.07) is 8.60. The van der Waals surface area contributed by atoms with E-state index in [0.717, 1.165) is 5.69 Å². The van der Waals surface area contributed by atoms with Crippen LogP contribution in [-0.2, 0) is 4.79 Å². The number of amides is 1. The van der Waals surface area contributed by atoms with Gasteiger partial charge in [-0.05, 0) is 18.2 Å². The van der Waals surface area contributed by atoms with Crippen molar-refractivity contribution in [1.82, 2.24) is 4.98 Å². The number of anilines is 4. The van der Waals surface area contributed by atoms with Gasteiger partial charge in [-0.2, -0.15) is 0 Å². The van der Waals surface area contributed by atoms with Crippen LogP contribution in [0.1, 0.15) is 10.4 Å². The molecule has 0 spiro atoms. The van der Waals surface area contributed by atoms with Gasteiger partial charge in [0.25, 0.3) is 0 Å². The molecule has 3 rings (SSSR count). The van der Waals surface area contributed by atoms with E-state index in [4.69, 9.17) is 10.8 Å². The van der Waals surface area contributed by atoms with Crippen LogP contribution in [0.3, 0.4) is 0 Å². The monoisotopic (exact) mass is 284 g/mol. The van der Waals surface area contributed by atoms with Crippen molar-refractivity contribution in [2.45, 2.75) is 0 Å². The highest BCUT2D eigenvalue weighted by Crippen LogP contribution is 2.36. The highest BCUT2D eigenvalue weighted by molar-refractivity contribution is 6.03. The van der Waals surface area contributed by atoms with Crippen LogP contribution in [0.5, 0.6) is 0 Å². The average molecular weight is 284 g/mol. The minimum absolute atomic E-state index is 0.00555. The first-order chi connectivity index (χ1) is 10.1. The Morgan fingerprint density at radius 1 is 1.38 bits per heavy atom. The second kappa shape index (κ2) is 4.78. The summed E-state index contributed by atoms with van der Waals surface area (Å²) in [6.45, 7) is 0.0701. The van der Waals surface area contributed by atoms with Gasteiger partial charge < -0.3 is 21.1 Å². The number of aromatic carboxylic acids is 1. The lowest BCUT2D eigenvalue weighted by Crippen LogP contribution is -2.35. The molecule has 1 aromatic carbocycles. The minimum Gasteiger partial charge on any atom is -0.478 e. The molecule has 0 aliphatic carbocycles. The number of benzene rings is 1. The lowest BCUT2D eigenvalue weighted by molar-refractivity contribution is -0.115. The number of rotatable bonds is 2. The standard InChI is InChI=1S/C14H12N4O3/c15-9-5-8(14(20)21)6-16-13(9)18-7-12(19)17-10-3-1-2-4-11(10)18/h1-6H,7,15H2,(H,17,19)(H,20,21). The maximum atomic E-state index is 11.8. The molecule has 7 heteroatoms. The van der Waals surface area contributed by atoms with E-state index in [0.29, 0.717) is 11.5 Å². The molecular formula is C14H12N4O3. The number of hydrogen-bond acceptors (Lipinski definition) is 5. The van der Waals surface area contributed by atoms with Crippen LogP contribution >= 0.6 is 0 Å². The highest BCUT2D eigenvalue weighted by atomic mass is 16.4. The number of carbonyl (C=O) groups is 2. The number of aromatic nitrogens is 1. The number of hydrogen-bond donors (Lipinski definition) is 3.